The molecule has 1 N–H and O–H groups in total. The summed E-state index contributed by atoms with van der Waals surface area (Å²) in [5.41, 5.74) is 2.99. The Balaban J connectivity index is 1.78. The number of amides is 1. The highest BCUT2D eigenvalue weighted by molar-refractivity contribution is 6.06. The predicted molar refractivity (Wildman–Crippen MR) is 143 cm³/mol. The molecule has 3 aromatic rings. The number of aromatic hydroxyl groups is 1. The summed E-state index contributed by atoms with van der Waals surface area (Å²) in [6.45, 7) is 10.8. The van der Waals surface area contributed by atoms with Gasteiger partial charge >= 0.3 is 0 Å². The number of halogens is 1. The fourth-order valence-electron chi connectivity index (χ4n) is 5.14. The van der Waals surface area contributed by atoms with Crippen molar-refractivity contribution >= 4 is 11.6 Å². The molecule has 1 fully saturated rings. The zero-order valence-corrected chi connectivity index (χ0v) is 21.1. The number of phenolic OH excluding ortho intramolecular Hbond substituents is 1. The number of anilines is 1. The van der Waals surface area contributed by atoms with E-state index in [9.17, 15) is 14.3 Å². The van der Waals surface area contributed by atoms with E-state index in [1.54, 1.807) is 36.2 Å². The summed E-state index contributed by atoms with van der Waals surface area (Å²) in [5.74, 6) is -0.327. The molecule has 0 aromatic heterocycles. The van der Waals surface area contributed by atoms with Gasteiger partial charge in [-0.3, -0.25) is 14.6 Å². The van der Waals surface area contributed by atoms with Gasteiger partial charge in [0.2, 0.25) is 0 Å². The Labute approximate surface area is 213 Å². The smallest absolute Gasteiger partial charge is 0.258 e. The van der Waals surface area contributed by atoms with Gasteiger partial charge in [0.25, 0.3) is 5.91 Å². The number of phenols is 1. The van der Waals surface area contributed by atoms with Gasteiger partial charge in [-0.25, -0.2) is 4.39 Å². The topological polar surface area (TPSA) is 47.0 Å². The minimum Gasteiger partial charge on any atom is -0.508 e. The van der Waals surface area contributed by atoms with Gasteiger partial charge in [0.1, 0.15) is 11.6 Å². The van der Waals surface area contributed by atoms with Crippen LogP contribution in [0.25, 0.3) is 0 Å². The van der Waals surface area contributed by atoms with Crippen molar-refractivity contribution < 1.29 is 14.3 Å². The fourth-order valence-corrected chi connectivity index (χ4v) is 5.14. The minimum atomic E-state index is -0.345. The summed E-state index contributed by atoms with van der Waals surface area (Å²) in [6.07, 6.45) is 1.94. The fraction of sp³-hybridized carbons (Fsp3) is 0.300. The van der Waals surface area contributed by atoms with Crippen LogP contribution in [0.1, 0.15) is 41.4 Å². The number of benzene rings is 3. The Morgan fingerprint density at radius 3 is 2.50 bits per heavy atom. The Morgan fingerprint density at radius 1 is 1.08 bits per heavy atom. The number of nitrogens with zero attached hydrogens (tertiary/aromatic N) is 3. The summed E-state index contributed by atoms with van der Waals surface area (Å²) in [5, 5.41) is 10.3. The second-order valence-corrected chi connectivity index (χ2v) is 9.56. The lowest BCUT2D eigenvalue weighted by Gasteiger charge is -2.47. The molecule has 0 spiro atoms. The lowest BCUT2D eigenvalue weighted by atomic mass is 9.90. The third-order valence-electron chi connectivity index (χ3n) is 7.05. The van der Waals surface area contributed by atoms with Gasteiger partial charge in [0, 0.05) is 50.0 Å². The van der Waals surface area contributed by atoms with Crippen LogP contribution < -0.4 is 4.90 Å². The molecule has 36 heavy (non-hydrogen) atoms. The standard InChI is InChI=1S/C30H34FN3O2/c1-5-17-33-19-22(3)34(20-21(33)2)29(23-9-8-10-26(35)18-23)27-11-6-7-12-28(27)30(36)32(4)25-15-13-24(31)14-16-25/h5-16,18,21-22,29,35H,1,17,19-20H2,2-4H3/t21-,22+,29-/m1/s1. The number of carbonyl (C=O) groups excluding carboxylic acids is 1. The molecule has 1 heterocycles. The van der Waals surface area contributed by atoms with E-state index in [0.29, 0.717) is 17.3 Å². The van der Waals surface area contributed by atoms with E-state index < -0.39 is 0 Å². The van der Waals surface area contributed by atoms with Crippen LogP contribution in [0.2, 0.25) is 0 Å². The van der Waals surface area contributed by atoms with Crippen LogP contribution in [0.4, 0.5) is 10.1 Å². The third kappa shape index (κ3) is 5.35. The highest BCUT2D eigenvalue weighted by Gasteiger charge is 2.36. The van der Waals surface area contributed by atoms with Crippen LogP contribution in [-0.4, -0.2) is 59.6 Å². The number of hydrogen-bond acceptors (Lipinski definition) is 4. The number of piperazine rings is 1. The van der Waals surface area contributed by atoms with Crippen molar-refractivity contribution in [1.29, 1.82) is 0 Å². The van der Waals surface area contributed by atoms with E-state index in [0.717, 1.165) is 30.8 Å². The molecule has 6 heteroatoms. The first-order valence-corrected chi connectivity index (χ1v) is 12.3. The van der Waals surface area contributed by atoms with E-state index in [1.807, 2.05) is 42.5 Å². The monoisotopic (exact) mass is 487 g/mol. The van der Waals surface area contributed by atoms with E-state index >= 15 is 0 Å². The van der Waals surface area contributed by atoms with E-state index in [2.05, 4.69) is 30.2 Å². The van der Waals surface area contributed by atoms with Crippen molar-refractivity contribution in [3.05, 3.63) is 108 Å². The van der Waals surface area contributed by atoms with Crippen molar-refractivity contribution in [2.45, 2.75) is 32.0 Å². The summed E-state index contributed by atoms with van der Waals surface area (Å²) in [4.78, 5) is 20.1. The van der Waals surface area contributed by atoms with Gasteiger partial charge < -0.3 is 10.0 Å². The average Bonchev–Trinajstić information content (AvgIpc) is 2.87. The maximum Gasteiger partial charge on any atom is 0.258 e. The van der Waals surface area contributed by atoms with Crippen LogP contribution in [-0.2, 0) is 0 Å². The van der Waals surface area contributed by atoms with Crippen LogP contribution in [0.3, 0.4) is 0 Å². The number of hydrogen-bond donors (Lipinski definition) is 1. The quantitative estimate of drug-likeness (QED) is 0.449. The first-order chi connectivity index (χ1) is 17.3. The SMILES string of the molecule is C=CCN1C[C@H](C)N([C@H](c2cccc(O)c2)c2ccccc2C(=O)N(C)c2ccc(F)cc2)C[C@H]1C. The molecule has 0 aliphatic carbocycles. The number of rotatable bonds is 7. The molecule has 3 aromatic carbocycles. The van der Waals surface area contributed by atoms with Crippen molar-refractivity contribution in [2.24, 2.45) is 0 Å². The molecule has 0 radical (unpaired) electrons. The Bertz CT molecular complexity index is 1210. The van der Waals surface area contributed by atoms with Crippen LogP contribution in [0.5, 0.6) is 5.75 Å². The van der Waals surface area contributed by atoms with Crippen molar-refractivity contribution in [3.63, 3.8) is 0 Å². The van der Waals surface area contributed by atoms with Gasteiger partial charge in [-0.05, 0) is 67.4 Å². The normalized spacial score (nSPS) is 19.6. The molecule has 188 valence electrons. The minimum absolute atomic E-state index is 0.173. The van der Waals surface area contributed by atoms with Gasteiger partial charge in [0.05, 0.1) is 6.04 Å². The molecule has 3 atom stereocenters. The van der Waals surface area contributed by atoms with Crippen molar-refractivity contribution in [2.75, 3.05) is 31.6 Å². The Kier molecular flexibility index (Phi) is 7.87. The molecule has 1 amide bonds. The molecular weight excluding hydrogens is 453 g/mol. The number of carbonyl (C=O) groups is 1. The molecule has 0 bridgehead atoms. The second-order valence-electron chi connectivity index (χ2n) is 9.56. The average molecular weight is 488 g/mol. The zero-order valence-electron chi connectivity index (χ0n) is 21.1. The Hall–Kier alpha value is -3.48. The van der Waals surface area contributed by atoms with Crippen LogP contribution in [0, 0.1) is 5.82 Å². The van der Waals surface area contributed by atoms with Crippen LogP contribution >= 0.6 is 0 Å². The van der Waals surface area contributed by atoms with Crippen molar-refractivity contribution in [1.82, 2.24) is 9.80 Å². The molecule has 1 aliphatic heterocycles. The molecule has 5 nitrogen and oxygen atoms in total. The molecule has 1 saturated heterocycles. The van der Waals surface area contributed by atoms with Gasteiger partial charge in [-0.2, -0.15) is 0 Å². The highest BCUT2D eigenvalue weighted by atomic mass is 19.1. The third-order valence-corrected chi connectivity index (χ3v) is 7.05. The molecule has 1 aliphatic rings. The summed E-state index contributed by atoms with van der Waals surface area (Å²) in [7, 11) is 1.70. The van der Waals surface area contributed by atoms with Gasteiger partial charge in [-0.15, -0.1) is 6.58 Å². The maximum atomic E-state index is 13.8. The highest BCUT2D eigenvalue weighted by Crippen LogP contribution is 2.36. The van der Waals surface area contributed by atoms with Crippen molar-refractivity contribution in [3.8, 4) is 5.75 Å². The van der Waals surface area contributed by atoms with E-state index in [1.165, 1.54) is 12.1 Å². The largest absolute Gasteiger partial charge is 0.508 e. The molecule has 4 rings (SSSR count). The van der Waals surface area contributed by atoms with Crippen LogP contribution in [0.15, 0.2) is 85.5 Å². The molecule has 0 saturated carbocycles. The lowest BCUT2D eigenvalue weighted by molar-refractivity contribution is 0.0304. The predicted octanol–water partition coefficient (Wildman–Crippen LogP) is 5.48. The molecular formula is C30H34FN3O2. The van der Waals surface area contributed by atoms with Gasteiger partial charge in [0.15, 0.2) is 0 Å². The van der Waals surface area contributed by atoms with E-state index in [-0.39, 0.29) is 29.6 Å². The summed E-state index contributed by atoms with van der Waals surface area (Å²) in [6, 6.07) is 21.1. The summed E-state index contributed by atoms with van der Waals surface area (Å²) >= 11 is 0. The lowest BCUT2D eigenvalue weighted by Crippen LogP contribution is -2.57. The summed E-state index contributed by atoms with van der Waals surface area (Å²) < 4.78 is 13.5. The first-order valence-electron chi connectivity index (χ1n) is 12.3. The second kappa shape index (κ2) is 11.1. The maximum absolute atomic E-state index is 13.8. The Morgan fingerprint density at radius 2 is 1.81 bits per heavy atom. The zero-order chi connectivity index (χ0) is 25.8. The van der Waals surface area contributed by atoms with Gasteiger partial charge in [-0.1, -0.05) is 36.4 Å². The first kappa shape index (κ1) is 25.6. The van der Waals surface area contributed by atoms with E-state index in [4.69, 9.17) is 0 Å². The molecule has 0 unspecified atom stereocenters.